The van der Waals surface area contributed by atoms with Crippen LogP contribution in [-0.2, 0) is 6.54 Å². The number of para-hydroxylation sites is 1. The maximum atomic E-state index is 3.52. The second kappa shape index (κ2) is 6.95. The zero-order valence-electron chi connectivity index (χ0n) is 12.7. The highest BCUT2D eigenvalue weighted by Gasteiger charge is 2.18. The molecule has 0 radical (unpaired) electrons. The molecule has 0 aliphatic heterocycles. The summed E-state index contributed by atoms with van der Waals surface area (Å²) < 4.78 is 0. The molecule has 0 atom stereocenters. The predicted octanol–water partition coefficient (Wildman–Crippen LogP) is 3.81. The van der Waals surface area contributed by atoms with Gasteiger partial charge >= 0.3 is 0 Å². The maximum absolute atomic E-state index is 3.52. The number of rotatable bonds is 6. The highest BCUT2D eigenvalue weighted by atomic mass is 15.1. The summed E-state index contributed by atoms with van der Waals surface area (Å²) in [5.41, 5.74) is 2.80. The minimum atomic E-state index is 0.535. The highest BCUT2D eigenvalue weighted by Crippen LogP contribution is 2.28. The zero-order chi connectivity index (χ0) is 13.7. The lowest BCUT2D eigenvalue weighted by molar-refractivity contribution is 0.544. The molecule has 1 aromatic rings. The summed E-state index contributed by atoms with van der Waals surface area (Å²) in [7, 11) is 2.24. The molecule has 19 heavy (non-hydrogen) atoms. The van der Waals surface area contributed by atoms with Gasteiger partial charge in [0.1, 0.15) is 0 Å². The topological polar surface area (TPSA) is 15.3 Å². The molecule has 1 aliphatic rings. The molecule has 2 heteroatoms. The van der Waals surface area contributed by atoms with Crippen LogP contribution in [0.4, 0.5) is 5.69 Å². The van der Waals surface area contributed by atoms with Gasteiger partial charge in [-0.05, 0) is 30.4 Å². The van der Waals surface area contributed by atoms with Crippen molar-refractivity contribution in [2.24, 2.45) is 5.92 Å². The largest absolute Gasteiger partial charge is 0.374 e. The number of hydrogen-bond donors (Lipinski definition) is 1. The third-order valence-corrected chi connectivity index (χ3v) is 4.11. The van der Waals surface area contributed by atoms with Crippen LogP contribution in [0.2, 0.25) is 0 Å². The third-order valence-electron chi connectivity index (χ3n) is 4.11. The van der Waals surface area contributed by atoms with E-state index in [0.29, 0.717) is 6.04 Å². The molecule has 0 bridgehead atoms. The van der Waals surface area contributed by atoms with E-state index >= 15 is 0 Å². The Morgan fingerprint density at radius 2 is 1.89 bits per heavy atom. The number of anilines is 1. The van der Waals surface area contributed by atoms with E-state index < -0.39 is 0 Å². The number of nitrogens with one attached hydrogen (secondary N) is 1. The Labute approximate surface area is 118 Å². The second-order valence-electron chi connectivity index (χ2n) is 6.20. The average molecular weight is 260 g/mol. The Bertz CT molecular complexity index is 381. The number of benzene rings is 1. The molecule has 0 heterocycles. The lowest BCUT2D eigenvalue weighted by Crippen LogP contribution is -2.27. The summed E-state index contributed by atoms with van der Waals surface area (Å²) in [5, 5.41) is 3.52. The van der Waals surface area contributed by atoms with Crippen molar-refractivity contribution in [1.82, 2.24) is 5.32 Å². The maximum Gasteiger partial charge on any atom is 0.0409 e. The summed E-state index contributed by atoms with van der Waals surface area (Å²) in [6.45, 7) is 6.57. The van der Waals surface area contributed by atoms with Gasteiger partial charge in [0.2, 0.25) is 0 Å². The van der Waals surface area contributed by atoms with Gasteiger partial charge < -0.3 is 10.2 Å². The minimum Gasteiger partial charge on any atom is -0.374 e. The molecular weight excluding hydrogens is 232 g/mol. The Hall–Kier alpha value is -1.02. The van der Waals surface area contributed by atoms with Crippen LogP contribution in [0.1, 0.15) is 45.1 Å². The van der Waals surface area contributed by atoms with Gasteiger partial charge in [-0.15, -0.1) is 0 Å². The summed E-state index contributed by atoms with van der Waals surface area (Å²) in [5.74, 6) is 0.899. The molecule has 1 fully saturated rings. The lowest BCUT2D eigenvalue weighted by Gasteiger charge is -2.26. The van der Waals surface area contributed by atoms with Crippen LogP contribution in [0, 0.1) is 5.92 Å². The van der Waals surface area contributed by atoms with Crippen molar-refractivity contribution in [1.29, 1.82) is 0 Å². The molecule has 0 spiro atoms. The Balaban J connectivity index is 2.00. The van der Waals surface area contributed by atoms with Crippen LogP contribution in [-0.4, -0.2) is 19.6 Å². The van der Waals surface area contributed by atoms with E-state index in [-0.39, 0.29) is 0 Å². The van der Waals surface area contributed by atoms with Gasteiger partial charge in [-0.3, -0.25) is 0 Å². The van der Waals surface area contributed by atoms with E-state index in [2.05, 4.69) is 55.4 Å². The van der Waals surface area contributed by atoms with E-state index in [1.54, 1.807) is 0 Å². The molecule has 0 saturated heterocycles. The molecule has 1 saturated carbocycles. The van der Waals surface area contributed by atoms with E-state index in [1.807, 2.05) is 0 Å². The van der Waals surface area contributed by atoms with E-state index in [9.17, 15) is 0 Å². The van der Waals surface area contributed by atoms with Crippen LogP contribution in [0.3, 0.4) is 0 Å². The van der Waals surface area contributed by atoms with Crippen molar-refractivity contribution < 1.29 is 0 Å². The van der Waals surface area contributed by atoms with Gasteiger partial charge in [-0.2, -0.15) is 0 Å². The van der Waals surface area contributed by atoms with Crippen LogP contribution < -0.4 is 10.2 Å². The van der Waals surface area contributed by atoms with Crippen molar-refractivity contribution >= 4 is 5.69 Å². The fourth-order valence-corrected chi connectivity index (χ4v) is 3.03. The standard InChI is InChI=1S/C17H28N2/c1-14(2)18-12-16-10-6-7-11-17(16)19(3)13-15-8-4-5-9-15/h6-7,10-11,14-15,18H,4-5,8-9,12-13H2,1-3H3. The van der Waals surface area contributed by atoms with Gasteiger partial charge in [-0.1, -0.05) is 44.9 Å². The minimum absolute atomic E-state index is 0.535. The number of nitrogens with zero attached hydrogens (tertiary/aromatic N) is 1. The Kier molecular flexibility index (Phi) is 5.26. The summed E-state index contributed by atoms with van der Waals surface area (Å²) in [6, 6.07) is 9.33. The van der Waals surface area contributed by atoms with Crippen molar-refractivity contribution in [3.63, 3.8) is 0 Å². The number of hydrogen-bond acceptors (Lipinski definition) is 2. The molecular formula is C17H28N2. The van der Waals surface area contributed by atoms with Crippen molar-refractivity contribution in [2.75, 3.05) is 18.5 Å². The van der Waals surface area contributed by atoms with Crippen molar-refractivity contribution in [2.45, 2.75) is 52.1 Å². The molecule has 106 valence electrons. The van der Waals surface area contributed by atoms with Gasteiger partial charge in [0.05, 0.1) is 0 Å². The highest BCUT2D eigenvalue weighted by molar-refractivity contribution is 5.53. The predicted molar refractivity (Wildman–Crippen MR) is 83.6 cm³/mol. The molecule has 1 aromatic carbocycles. The van der Waals surface area contributed by atoms with E-state index in [0.717, 1.165) is 12.5 Å². The average Bonchev–Trinajstić information content (AvgIpc) is 2.89. The molecule has 0 unspecified atom stereocenters. The summed E-state index contributed by atoms with van der Waals surface area (Å²) in [6.07, 6.45) is 5.68. The molecule has 2 rings (SSSR count). The third kappa shape index (κ3) is 4.24. The Morgan fingerprint density at radius 1 is 1.21 bits per heavy atom. The first-order valence-electron chi connectivity index (χ1n) is 7.69. The van der Waals surface area contributed by atoms with E-state index in [1.165, 1.54) is 43.5 Å². The molecule has 1 N–H and O–H groups in total. The van der Waals surface area contributed by atoms with Crippen LogP contribution >= 0.6 is 0 Å². The Morgan fingerprint density at radius 3 is 2.58 bits per heavy atom. The molecule has 0 amide bonds. The fraction of sp³-hybridized carbons (Fsp3) is 0.647. The quantitative estimate of drug-likeness (QED) is 0.836. The van der Waals surface area contributed by atoms with Crippen LogP contribution in [0.5, 0.6) is 0 Å². The second-order valence-corrected chi connectivity index (χ2v) is 6.20. The summed E-state index contributed by atoms with van der Waals surface area (Å²) in [4.78, 5) is 2.45. The van der Waals surface area contributed by atoms with Gasteiger partial charge in [0.15, 0.2) is 0 Å². The lowest BCUT2D eigenvalue weighted by atomic mass is 10.1. The first-order valence-corrected chi connectivity index (χ1v) is 7.69. The zero-order valence-corrected chi connectivity index (χ0v) is 12.7. The molecule has 0 aromatic heterocycles. The monoisotopic (exact) mass is 260 g/mol. The normalized spacial score (nSPS) is 16.2. The molecule has 2 nitrogen and oxygen atoms in total. The van der Waals surface area contributed by atoms with E-state index in [4.69, 9.17) is 0 Å². The van der Waals surface area contributed by atoms with Crippen molar-refractivity contribution in [3.8, 4) is 0 Å². The summed E-state index contributed by atoms with van der Waals surface area (Å²) >= 11 is 0. The van der Waals surface area contributed by atoms with Crippen LogP contribution in [0.25, 0.3) is 0 Å². The van der Waals surface area contributed by atoms with Crippen molar-refractivity contribution in [3.05, 3.63) is 29.8 Å². The van der Waals surface area contributed by atoms with Gasteiger partial charge in [0, 0.05) is 31.9 Å². The van der Waals surface area contributed by atoms with Gasteiger partial charge in [-0.25, -0.2) is 0 Å². The fourth-order valence-electron chi connectivity index (χ4n) is 3.03. The SMILES string of the molecule is CC(C)NCc1ccccc1N(C)CC1CCCC1. The van der Waals surface area contributed by atoms with Gasteiger partial charge in [0.25, 0.3) is 0 Å². The first-order chi connectivity index (χ1) is 9.16. The smallest absolute Gasteiger partial charge is 0.0409 e. The molecule has 1 aliphatic carbocycles. The first kappa shape index (κ1) is 14.4. The van der Waals surface area contributed by atoms with Crippen LogP contribution in [0.15, 0.2) is 24.3 Å².